The van der Waals surface area contributed by atoms with Gasteiger partial charge in [-0.2, -0.15) is 8.78 Å². The van der Waals surface area contributed by atoms with E-state index in [-0.39, 0.29) is 33.9 Å². The molecule has 0 aliphatic carbocycles. The zero-order valence-corrected chi connectivity index (χ0v) is 21.2. The first-order chi connectivity index (χ1) is 17.6. The van der Waals surface area contributed by atoms with Gasteiger partial charge in [-0.1, -0.05) is 23.9 Å². The zero-order chi connectivity index (χ0) is 26.6. The fourth-order valence-corrected chi connectivity index (χ4v) is 6.26. The average Bonchev–Trinajstić information content (AvgIpc) is 3.36. The molecule has 2 aromatic carbocycles. The molecule has 2 aromatic rings. The van der Waals surface area contributed by atoms with Crippen LogP contribution < -0.4 is 19.7 Å². The highest BCUT2D eigenvalue weighted by Crippen LogP contribution is 2.31. The van der Waals surface area contributed by atoms with E-state index < -0.39 is 34.3 Å². The molecule has 2 aliphatic heterocycles. The maximum Gasteiger partial charge on any atom is 0.387 e. The number of nitrogens with one attached hydrogen (secondary N) is 1. The van der Waals surface area contributed by atoms with E-state index in [9.17, 15) is 26.8 Å². The average molecular weight is 552 g/mol. The van der Waals surface area contributed by atoms with Gasteiger partial charge in [-0.15, -0.1) is 0 Å². The normalized spacial score (nSPS) is 19.8. The maximum absolute atomic E-state index is 13.3. The van der Waals surface area contributed by atoms with Crippen LogP contribution in [0.3, 0.4) is 0 Å². The Labute approximate surface area is 216 Å². The number of alkyl halides is 2. The van der Waals surface area contributed by atoms with E-state index >= 15 is 0 Å². The molecule has 2 amide bonds. The lowest BCUT2D eigenvalue weighted by atomic mass is 10.2. The molecule has 1 fully saturated rings. The van der Waals surface area contributed by atoms with Gasteiger partial charge in [-0.05, 0) is 54.5 Å². The van der Waals surface area contributed by atoms with Crippen molar-refractivity contribution >= 4 is 50.3 Å². The summed E-state index contributed by atoms with van der Waals surface area (Å²) in [6.07, 6.45) is 1.94. The zero-order valence-electron chi connectivity index (χ0n) is 19.6. The Morgan fingerprint density at radius 2 is 1.86 bits per heavy atom. The Morgan fingerprint density at radius 3 is 2.46 bits per heavy atom. The highest BCUT2D eigenvalue weighted by Gasteiger charge is 2.33. The molecule has 13 heteroatoms. The minimum atomic E-state index is -3.15. The summed E-state index contributed by atoms with van der Waals surface area (Å²) >= 11 is 0.999. The van der Waals surface area contributed by atoms with Crippen molar-refractivity contribution in [3.63, 3.8) is 0 Å². The number of carbonyl (C=O) groups is 2. The van der Waals surface area contributed by atoms with Crippen LogP contribution in [0.25, 0.3) is 6.08 Å². The molecule has 0 aromatic heterocycles. The van der Waals surface area contributed by atoms with Gasteiger partial charge in [-0.3, -0.25) is 14.5 Å². The van der Waals surface area contributed by atoms with Crippen molar-refractivity contribution in [3.05, 3.63) is 59.8 Å². The van der Waals surface area contributed by atoms with Crippen LogP contribution in [0.1, 0.15) is 12.0 Å². The van der Waals surface area contributed by atoms with Crippen LogP contribution in [0.4, 0.5) is 14.5 Å². The van der Waals surface area contributed by atoms with Crippen LogP contribution in [0.2, 0.25) is 0 Å². The summed E-state index contributed by atoms with van der Waals surface area (Å²) in [4.78, 5) is 31.5. The molecular weight excluding hydrogens is 528 g/mol. The topological polar surface area (TPSA) is 114 Å². The molecule has 0 bridgehead atoms. The van der Waals surface area contributed by atoms with Crippen molar-refractivity contribution in [3.8, 4) is 11.5 Å². The third-order valence-electron chi connectivity index (χ3n) is 5.50. The van der Waals surface area contributed by atoms with Crippen LogP contribution in [0.5, 0.6) is 11.5 Å². The number of methoxy groups -OCH3 is 1. The van der Waals surface area contributed by atoms with Crippen LogP contribution in [-0.4, -0.2) is 62.4 Å². The first kappa shape index (κ1) is 26.6. The quantitative estimate of drug-likeness (QED) is 0.502. The van der Waals surface area contributed by atoms with Gasteiger partial charge < -0.3 is 14.8 Å². The Morgan fingerprint density at radius 1 is 1.19 bits per heavy atom. The van der Waals surface area contributed by atoms with Crippen LogP contribution in [0, 0.1) is 0 Å². The van der Waals surface area contributed by atoms with Gasteiger partial charge in [0.15, 0.2) is 15.0 Å². The minimum absolute atomic E-state index is 0.0326. The number of amides is 2. The van der Waals surface area contributed by atoms with Crippen LogP contribution in [0.15, 0.2) is 59.2 Å². The number of nitrogens with zero attached hydrogens (tertiary/aromatic N) is 2. The number of anilines is 1. The molecule has 1 saturated heterocycles. The molecule has 0 saturated carbocycles. The van der Waals surface area contributed by atoms with Crippen molar-refractivity contribution in [1.82, 2.24) is 5.32 Å². The summed E-state index contributed by atoms with van der Waals surface area (Å²) in [7, 11) is -1.61. The second-order valence-electron chi connectivity index (χ2n) is 8.17. The number of hydrogen-bond donors (Lipinski definition) is 1. The lowest BCUT2D eigenvalue weighted by Gasteiger charge is -2.18. The predicted molar refractivity (Wildman–Crippen MR) is 137 cm³/mol. The van der Waals surface area contributed by atoms with Crippen molar-refractivity contribution in [2.75, 3.05) is 29.3 Å². The van der Waals surface area contributed by atoms with Crippen molar-refractivity contribution in [2.45, 2.75) is 19.1 Å². The van der Waals surface area contributed by atoms with E-state index in [1.54, 1.807) is 37.5 Å². The molecule has 196 valence electrons. The summed E-state index contributed by atoms with van der Waals surface area (Å²) < 4.78 is 57.9. The number of amidine groups is 1. The first-order valence-electron chi connectivity index (χ1n) is 11.1. The Kier molecular flexibility index (Phi) is 8.13. The second-order valence-corrected chi connectivity index (χ2v) is 11.3. The smallest absolute Gasteiger partial charge is 0.387 e. The summed E-state index contributed by atoms with van der Waals surface area (Å²) in [6, 6.07) is 12.0. The number of rotatable bonds is 8. The third-order valence-corrected chi connectivity index (χ3v) is 8.21. The lowest BCUT2D eigenvalue weighted by Crippen LogP contribution is -2.37. The first-order valence-corrected chi connectivity index (χ1v) is 13.9. The molecular formula is C24H23F2N3O6S2. The Bertz CT molecular complexity index is 1330. The van der Waals surface area contributed by atoms with Crippen molar-refractivity contribution in [2.24, 2.45) is 4.99 Å². The minimum Gasteiger partial charge on any atom is -0.497 e. The molecule has 1 atom stereocenters. The van der Waals surface area contributed by atoms with Gasteiger partial charge in [0.1, 0.15) is 17.2 Å². The predicted octanol–water partition coefficient (Wildman–Crippen LogP) is 3.08. The standard InChI is InChI=1S/C24H23F2N3O6S2/c1-34-18-6-2-15(3-7-18)12-20-22(31)29(17-4-8-19(9-5-17)35-23(25)26)24(28-20)36-13-21(30)27-16-10-11-37(32,33)14-16/h2-9,12,16,23H,10-11,13-14H2,1H3,(H,27,30)/b20-12-/t16-/m0/s1. The monoisotopic (exact) mass is 551 g/mol. The number of sulfone groups is 1. The molecule has 2 heterocycles. The van der Waals surface area contributed by atoms with Crippen molar-refractivity contribution < 1.29 is 36.3 Å². The number of benzene rings is 2. The van der Waals surface area contributed by atoms with Gasteiger partial charge in [0.05, 0.1) is 30.1 Å². The fourth-order valence-electron chi connectivity index (χ4n) is 3.76. The molecule has 2 aliphatic rings. The molecule has 1 N–H and O–H groups in total. The molecule has 9 nitrogen and oxygen atoms in total. The molecule has 0 unspecified atom stereocenters. The maximum atomic E-state index is 13.3. The summed E-state index contributed by atoms with van der Waals surface area (Å²) in [6.45, 7) is -2.99. The molecule has 0 radical (unpaired) electrons. The number of carbonyl (C=O) groups excluding carboxylic acids is 2. The van der Waals surface area contributed by atoms with Gasteiger partial charge in [0, 0.05) is 6.04 Å². The van der Waals surface area contributed by atoms with E-state index in [4.69, 9.17) is 4.74 Å². The summed E-state index contributed by atoms with van der Waals surface area (Å²) in [5, 5.41) is 2.91. The Hall–Kier alpha value is -3.45. The molecule has 0 spiro atoms. The number of ether oxygens (including phenoxy) is 2. The van der Waals surface area contributed by atoms with E-state index in [0.717, 1.165) is 11.8 Å². The van der Waals surface area contributed by atoms with Gasteiger partial charge in [0.2, 0.25) is 5.91 Å². The number of halogens is 2. The van der Waals surface area contributed by atoms with Crippen LogP contribution >= 0.6 is 11.8 Å². The largest absolute Gasteiger partial charge is 0.497 e. The number of aliphatic imine (C=N–C) groups is 1. The van der Waals surface area contributed by atoms with Gasteiger partial charge in [0.25, 0.3) is 5.91 Å². The highest BCUT2D eigenvalue weighted by atomic mass is 32.2. The van der Waals surface area contributed by atoms with E-state index in [1.165, 1.54) is 29.2 Å². The van der Waals surface area contributed by atoms with Crippen molar-refractivity contribution in [1.29, 1.82) is 0 Å². The van der Waals surface area contributed by atoms with Crippen LogP contribution in [-0.2, 0) is 19.4 Å². The van der Waals surface area contributed by atoms with E-state index in [2.05, 4.69) is 15.0 Å². The van der Waals surface area contributed by atoms with Gasteiger partial charge >= 0.3 is 6.61 Å². The SMILES string of the molecule is COc1ccc(/C=C2\N=C(SCC(=O)N[C@H]3CCS(=O)(=O)C3)N(c3ccc(OC(F)F)cc3)C2=O)cc1. The fraction of sp³-hybridized carbons (Fsp3) is 0.292. The highest BCUT2D eigenvalue weighted by molar-refractivity contribution is 8.14. The van der Waals surface area contributed by atoms with E-state index in [0.29, 0.717) is 23.4 Å². The summed E-state index contributed by atoms with van der Waals surface area (Å²) in [5.74, 6) is -0.466. The molecule has 4 rings (SSSR count). The number of hydrogen-bond acceptors (Lipinski definition) is 8. The van der Waals surface area contributed by atoms with E-state index in [1.807, 2.05) is 0 Å². The number of thioether (sulfide) groups is 1. The Balaban J connectivity index is 1.54. The lowest BCUT2D eigenvalue weighted by molar-refractivity contribution is -0.119. The second kappa shape index (κ2) is 11.3. The third kappa shape index (κ3) is 6.86. The van der Waals surface area contributed by atoms with Gasteiger partial charge in [-0.25, -0.2) is 13.4 Å². The molecule has 37 heavy (non-hydrogen) atoms. The summed E-state index contributed by atoms with van der Waals surface area (Å²) in [5.41, 5.74) is 1.15.